The maximum atomic E-state index is 14.1. The number of thioether (sulfide) groups is 1. The highest BCUT2D eigenvalue weighted by molar-refractivity contribution is 7.98. The van der Waals surface area contributed by atoms with Gasteiger partial charge < -0.3 is 14.8 Å². The summed E-state index contributed by atoms with van der Waals surface area (Å²) in [6, 6.07) is 13.8. The van der Waals surface area contributed by atoms with Gasteiger partial charge in [-0.2, -0.15) is 4.98 Å². The highest BCUT2D eigenvalue weighted by atomic mass is 32.2. The Kier molecular flexibility index (Phi) is 8.30. The standard InChI is InChI=1S/C27H31FN4O3S/c1-5-6-15-34-25(33)23-18(4)29-26-30-27(36-16-20-9-7-8-10-22(20)28)31-32(26)24(23)19-11-13-21(14-12-19)35-17(2)3/h7-14,17,24H,5-6,15-16H2,1-4H3,(H,29,30,31). The first-order valence-electron chi connectivity index (χ1n) is 12.1. The fourth-order valence-electron chi connectivity index (χ4n) is 3.91. The van der Waals surface area contributed by atoms with Crippen LogP contribution in [0.1, 0.15) is 57.7 Å². The molecule has 0 aliphatic carbocycles. The summed E-state index contributed by atoms with van der Waals surface area (Å²) >= 11 is 1.34. The number of fused-ring (bicyclic) bond motifs is 1. The fraction of sp³-hybridized carbons (Fsp3) is 0.370. The van der Waals surface area contributed by atoms with Crippen LogP contribution in [0.4, 0.5) is 10.3 Å². The van der Waals surface area contributed by atoms with E-state index in [1.54, 1.807) is 22.9 Å². The molecular weight excluding hydrogens is 479 g/mol. The van der Waals surface area contributed by atoms with Gasteiger partial charge in [0.2, 0.25) is 11.1 Å². The number of aromatic nitrogens is 3. The van der Waals surface area contributed by atoms with E-state index in [0.717, 1.165) is 24.2 Å². The number of nitrogens with zero attached hydrogens (tertiary/aromatic N) is 3. The van der Waals surface area contributed by atoms with Crippen molar-refractivity contribution in [2.24, 2.45) is 0 Å². The molecule has 2 heterocycles. The number of halogens is 1. The van der Waals surface area contributed by atoms with E-state index >= 15 is 0 Å². The molecule has 1 unspecified atom stereocenters. The highest BCUT2D eigenvalue weighted by Crippen LogP contribution is 2.37. The normalized spacial score (nSPS) is 15.0. The number of rotatable bonds is 10. The van der Waals surface area contributed by atoms with E-state index in [-0.39, 0.29) is 17.9 Å². The zero-order valence-corrected chi connectivity index (χ0v) is 21.8. The molecule has 2 aromatic carbocycles. The SMILES string of the molecule is CCCCOC(=O)C1=C(C)Nc2nc(SCc3ccccc3F)nn2C1c1ccc(OC(C)C)cc1. The summed E-state index contributed by atoms with van der Waals surface area (Å²) in [5.74, 6) is 1.00. The van der Waals surface area contributed by atoms with Gasteiger partial charge in [-0.05, 0) is 56.5 Å². The molecule has 0 radical (unpaired) electrons. The first-order valence-corrected chi connectivity index (χ1v) is 13.1. The van der Waals surface area contributed by atoms with Gasteiger partial charge in [0, 0.05) is 11.4 Å². The molecule has 0 spiro atoms. The topological polar surface area (TPSA) is 78.3 Å². The lowest BCUT2D eigenvalue weighted by Crippen LogP contribution is -2.29. The van der Waals surface area contributed by atoms with E-state index < -0.39 is 6.04 Å². The summed E-state index contributed by atoms with van der Waals surface area (Å²) < 4.78 is 27.2. The third-order valence-corrected chi connectivity index (χ3v) is 6.55. The Labute approximate surface area is 215 Å². The number of anilines is 1. The predicted molar refractivity (Wildman–Crippen MR) is 139 cm³/mol. The second kappa shape index (κ2) is 11.6. The Hall–Kier alpha value is -3.33. The van der Waals surface area contributed by atoms with Crippen molar-refractivity contribution in [2.75, 3.05) is 11.9 Å². The minimum absolute atomic E-state index is 0.0527. The van der Waals surface area contributed by atoms with Crippen LogP contribution in [0.3, 0.4) is 0 Å². The van der Waals surface area contributed by atoms with Crippen molar-refractivity contribution in [3.63, 3.8) is 0 Å². The summed E-state index contributed by atoms with van der Waals surface area (Å²) in [4.78, 5) is 17.8. The van der Waals surface area contributed by atoms with Crippen molar-refractivity contribution in [1.29, 1.82) is 0 Å². The number of carbonyl (C=O) groups is 1. The lowest BCUT2D eigenvalue weighted by atomic mass is 9.95. The summed E-state index contributed by atoms with van der Waals surface area (Å²) in [7, 11) is 0. The molecule has 0 saturated heterocycles. The van der Waals surface area contributed by atoms with Crippen LogP contribution in [0.25, 0.3) is 0 Å². The molecule has 36 heavy (non-hydrogen) atoms. The van der Waals surface area contributed by atoms with Crippen LogP contribution >= 0.6 is 11.8 Å². The number of hydrogen-bond donors (Lipinski definition) is 1. The Balaban J connectivity index is 1.66. The van der Waals surface area contributed by atoms with Gasteiger partial charge in [0.05, 0.1) is 18.3 Å². The molecule has 1 atom stereocenters. The van der Waals surface area contributed by atoms with Crippen molar-refractivity contribution < 1.29 is 18.7 Å². The van der Waals surface area contributed by atoms with E-state index in [4.69, 9.17) is 14.6 Å². The van der Waals surface area contributed by atoms with E-state index in [9.17, 15) is 9.18 Å². The molecule has 7 nitrogen and oxygen atoms in total. The largest absolute Gasteiger partial charge is 0.491 e. The van der Waals surface area contributed by atoms with Crippen LogP contribution in [-0.4, -0.2) is 33.4 Å². The van der Waals surface area contributed by atoms with Crippen molar-refractivity contribution in [1.82, 2.24) is 14.8 Å². The van der Waals surface area contributed by atoms with Crippen LogP contribution in [0, 0.1) is 5.82 Å². The van der Waals surface area contributed by atoms with Crippen molar-refractivity contribution in [3.8, 4) is 5.75 Å². The van der Waals surface area contributed by atoms with Crippen LogP contribution in [0.2, 0.25) is 0 Å². The number of ether oxygens (including phenoxy) is 2. The Bertz CT molecular complexity index is 1240. The number of unbranched alkanes of at least 4 members (excludes halogenated alkanes) is 1. The first-order chi connectivity index (χ1) is 17.4. The second-order valence-corrected chi connectivity index (χ2v) is 9.78. The average molecular weight is 511 g/mol. The van der Waals surface area contributed by atoms with Gasteiger partial charge in [0.15, 0.2) is 0 Å². The molecule has 1 N–H and O–H groups in total. The summed E-state index contributed by atoms with van der Waals surface area (Å²) in [6.45, 7) is 8.18. The van der Waals surface area contributed by atoms with E-state index in [1.807, 2.05) is 52.0 Å². The Morgan fingerprint density at radius 2 is 1.94 bits per heavy atom. The predicted octanol–water partition coefficient (Wildman–Crippen LogP) is 6.13. The number of esters is 1. The van der Waals surface area contributed by atoms with E-state index in [1.165, 1.54) is 17.8 Å². The first kappa shape index (κ1) is 25.8. The van der Waals surface area contributed by atoms with Gasteiger partial charge in [-0.3, -0.25) is 0 Å². The van der Waals surface area contributed by atoms with E-state index in [2.05, 4.69) is 10.3 Å². The van der Waals surface area contributed by atoms with Crippen molar-refractivity contribution in [3.05, 3.63) is 76.7 Å². The molecule has 3 aromatic rings. The number of benzene rings is 2. The number of allylic oxidation sites excluding steroid dienone is 1. The van der Waals surface area contributed by atoms with Crippen LogP contribution < -0.4 is 10.1 Å². The van der Waals surface area contributed by atoms with Gasteiger partial charge in [0.1, 0.15) is 17.6 Å². The van der Waals surface area contributed by atoms with Crippen LogP contribution in [-0.2, 0) is 15.3 Å². The van der Waals surface area contributed by atoms with E-state index in [0.29, 0.717) is 40.3 Å². The third kappa shape index (κ3) is 5.90. The van der Waals surface area contributed by atoms with Gasteiger partial charge >= 0.3 is 5.97 Å². The molecule has 190 valence electrons. The molecule has 0 amide bonds. The quantitative estimate of drug-likeness (QED) is 0.200. The lowest BCUT2D eigenvalue weighted by molar-refractivity contribution is -0.139. The van der Waals surface area contributed by atoms with Crippen LogP contribution in [0.5, 0.6) is 5.75 Å². The minimum Gasteiger partial charge on any atom is -0.491 e. The summed E-state index contributed by atoms with van der Waals surface area (Å²) in [5, 5.41) is 8.39. The third-order valence-electron chi connectivity index (χ3n) is 5.67. The molecule has 4 rings (SSSR count). The number of nitrogens with one attached hydrogen (secondary N) is 1. The molecule has 1 aliphatic rings. The minimum atomic E-state index is -0.529. The second-order valence-electron chi connectivity index (χ2n) is 8.83. The van der Waals surface area contributed by atoms with Crippen molar-refractivity contribution in [2.45, 2.75) is 63.6 Å². The zero-order valence-electron chi connectivity index (χ0n) is 21.0. The summed E-state index contributed by atoms with van der Waals surface area (Å²) in [5.41, 5.74) is 2.57. The fourth-order valence-corrected chi connectivity index (χ4v) is 4.73. The Morgan fingerprint density at radius 3 is 2.64 bits per heavy atom. The molecule has 1 aliphatic heterocycles. The molecule has 0 fully saturated rings. The van der Waals surface area contributed by atoms with Crippen LogP contribution in [0.15, 0.2) is 65.0 Å². The molecular formula is C27H31FN4O3S. The lowest BCUT2D eigenvalue weighted by Gasteiger charge is -2.28. The number of carbonyl (C=O) groups excluding carboxylic acids is 1. The summed E-state index contributed by atoms with van der Waals surface area (Å²) in [6.07, 6.45) is 1.78. The van der Waals surface area contributed by atoms with Gasteiger partial charge in [0.25, 0.3) is 0 Å². The average Bonchev–Trinajstić information content (AvgIpc) is 3.25. The van der Waals surface area contributed by atoms with Gasteiger partial charge in [-0.25, -0.2) is 13.9 Å². The van der Waals surface area contributed by atoms with Gasteiger partial charge in [-0.1, -0.05) is 55.4 Å². The monoisotopic (exact) mass is 510 g/mol. The molecule has 1 aromatic heterocycles. The number of hydrogen-bond acceptors (Lipinski definition) is 7. The molecule has 9 heteroatoms. The zero-order chi connectivity index (χ0) is 25.7. The Morgan fingerprint density at radius 1 is 1.19 bits per heavy atom. The maximum Gasteiger partial charge on any atom is 0.338 e. The smallest absolute Gasteiger partial charge is 0.338 e. The maximum absolute atomic E-state index is 14.1. The molecule has 0 saturated carbocycles. The van der Waals surface area contributed by atoms with Crippen molar-refractivity contribution >= 4 is 23.7 Å². The highest BCUT2D eigenvalue weighted by Gasteiger charge is 2.35. The van der Waals surface area contributed by atoms with Gasteiger partial charge in [-0.15, -0.1) is 5.10 Å². The molecule has 0 bridgehead atoms.